The first-order valence-corrected chi connectivity index (χ1v) is 10.0. The van der Waals surface area contributed by atoms with Crippen LogP contribution in [-0.4, -0.2) is 47.3 Å². The Kier molecular flexibility index (Phi) is 5.88. The zero-order valence-electron chi connectivity index (χ0n) is 16.8. The molecule has 1 saturated heterocycles. The van der Waals surface area contributed by atoms with Crippen LogP contribution in [0.25, 0.3) is 11.0 Å². The fourth-order valence-electron chi connectivity index (χ4n) is 3.82. The molecule has 0 radical (unpaired) electrons. The zero-order valence-corrected chi connectivity index (χ0v) is 16.8. The largest absolute Gasteiger partial charge is 0.460 e. The third-order valence-electron chi connectivity index (χ3n) is 5.23. The average molecular weight is 370 g/mol. The summed E-state index contributed by atoms with van der Waals surface area (Å²) >= 11 is 0. The summed E-state index contributed by atoms with van der Waals surface area (Å²) in [6, 6.07) is 7.23. The molecule has 5 heteroatoms. The highest BCUT2D eigenvalue weighted by atomic mass is 16.3. The number of hydrogen-bond donors (Lipinski definition) is 0. The van der Waals surface area contributed by atoms with Gasteiger partial charge in [0.15, 0.2) is 0 Å². The van der Waals surface area contributed by atoms with E-state index >= 15 is 0 Å². The number of benzene rings is 1. The van der Waals surface area contributed by atoms with E-state index in [1.54, 1.807) is 4.90 Å². The molecular formula is C22H30N2O3. The number of unbranched alkanes of at least 4 members (excludes halogenated alkanes) is 1. The molecule has 3 rings (SSSR count). The molecule has 1 fully saturated rings. The summed E-state index contributed by atoms with van der Waals surface area (Å²) in [7, 11) is 0. The normalized spacial score (nSPS) is 18.0. The van der Waals surface area contributed by atoms with Crippen LogP contribution in [0, 0.1) is 5.92 Å². The van der Waals surface area contributed by atoms with Crippen LogP contribution in [-0.2, 0) is 11.2 Å². The van der Waals surface area contributed by atoms with Gasteiger partial charge in [-0.3, -0.25) is 9.59 Å². The van der Waals surface area contributed by atoms with E-state index in [9.17, 15) is 9.59 Å². The van der Waals surface area contributed by atoms with E-state index in [1.807, 2.05) is 36.1 Å². The van der Waals surface area contributed by atoms with E-state index in [0.717, 1.165) is 42.5 Å². The first-order valence-electron chi connectivity index (χ1n) is 10.0. The van der Waals surface area contributed by atoms with Gasteiger partial charge in [0, 0.05) is 31.4 Å². The van der Waals surface area contributed by atoms with E-state index in [-0.39, 0.29) is 11.8 Å². The number of piperazine rings is 1. The Morgan fingerprint density at radius 3 is 2.70 bits per heavy atom. The smallest absolute Gasteiger partial charge is 0.258 e. The number of para-hydroxylation sites is 1. The summed E-state index contributed by atoms with van der Waals surface area (Å²) in [6.45, 7) is 10.1. The third-order valence-corrected chi connectivity index (χ3v) is 5.23. The molecule has 1 aliphatic rings. The minimum absolute atomic E-state index is 0.0335. The summed E-state index contributed by atoms with van der Waals surface area (Å²) in [5.41, 5.74) is 1.38. The van der Waals surface area contributed by atoms with Gasteiger partial charge < -0.3 is 14.2 Å². The van der Waals surface area contributed by atoms with Crippen LogP contribution in [0.1, 0.15) is 56.7 Å². The minimum atomic E-state index is -0.447. The number of nitrogens with zero attached hydrogens (tertiary/aromatic N) is 2. The lowest BCUT2D eigenvalue weighted by Gasteiger charge is -2.39. The number of carbonyl (C=O) groups excluding carboxylic acids is 2. The second kappa shape index (κ2) is 8.15. The lowest BCUT2D eigenvalue weighted by molar-refractivity contribution is -0.140. The topological polar surface area (TPSA) is 53.8 Å². The highest BCUT2D eigenvalue weighted by Gasteiger charge is 2.36. The van der Waals surface area contributed by atoms with Crippen molar-refractivity contribution in [3.05, 3.63) is 35.6 Å². The number of carbonyl (C=O) groups is 2. The van der Waals surface area contributed by atoms with E-state index in [1.165, 1.54) is 0 Å². The van der Waals surface area contributed by atoms with Crippen LogP contribution in [0.2, 0.25) is 0 Å². The second-order valence-electron chi connectivity index (χ2n) is 7.85. The summed E-state index contributed by atoms with van der Waals surface area (Å²) < 4.78 is 6.01. The van der Waals surface area contributed by atoms with Gasteiger partial charge in [0.25, 0.3) is 5.91 Å². The molecule has 5 nitrogen and oxygen atoms in total. The zero-order chi connectivity index (χ0) is 19.6. The quantitative estimate of drug-likeness (QED) is 0.769. The molecule has 1 unspecified atom stereocenters. The molecule has 0 saturated carbocycles. The van der Waals surface area contributed by atoms with Gasteiger partial charge in [-0.1, -0.05) is 45.4 Å². The van der Waals surface area contributed by atoms with E-state index in [0.29, 0.717) is 24.6 Å². The van der Waals surface area contributed by atoms with Crippen molar-refractivity contribution in [1.29, 1.82) is 0 Å². The Morgan fingerprint density at radius 2 is 2.00 bits per heavy atom. The van der Waals surface area contributed by atoms with Crippen molar-refractivity contribution in [3.63, 3.8) is 0 Å². The van der Waals surface area contributed by atoms with Crippen molar-refractivity contribution >= 4 is 22.8 Å². The van der Waals surface area contributed by atoms with Crippen LogP contribution in [0.3, 0.4) is 0 Å². The standard InChI is InChI=1S/C22H30N2O3/c1-5-6-10-19-20(17-9-7-8-11-18(17)27-19)22(26)24-13-12-23(14-15(2)3)21(25)16(24)4/h7-9,11,15-16H,5-6,10,12-14H2,1-4H3. The van der Waals surface area contributed by atoms with Gasteiger partial charge in [0.1, 0.15) is 17.4 Å². The van der Waals surface area contributed by atoms with Crippen LogP contribution in [0.5, 0.6) is 0 Å². The second-order valence-corrected chi connectivity index (χ2v) is 7.85. The van der Waals surface area contributed by atoms with Gasteiger partial charge in [-0.05, 0) is 25.3 Å². The molecule has 2 amide bonds. The molecule has 2 aromatic rings. The molecule has 0 bridgehead atoms. The molecule has 1 aromatic carbocycles. The van der Waals surface area contributed by atoms with Gasteiger partial charge in [0.2, 0.25) is 5.91 Å². The lowest BCUT2D eigenvalue weighted by Crippen LogP contribution is -2.58. The molecule has 0 aliphatic carbocycles. The Morgan fingerprint density at radius 1 is 1.26 bits per heavy atom. The number of aryl methyl sites for hydroxylation is 1. The van der Waals surface area contributed by atoms with Crippen molar-refractivity contribution in [3.8, 4) is 0 Å². The Hall–Kier alpha value is -2.30. The van der Waals surface area contributed by atoms with Crippen molar-refractivity contribution < 1.29 is 14.0 Å². The van der Waals surface area contributed by atoms with Gasteiger partial charge in [-0.25, -0.2) is 0 Å². The monoisotopic (exact) mass is 370 g/mol. The lowest BCUT2D eigenvalue weighted by atomic mass is 10.0. The number of furan rings is 1. The predicted octanol–water partition coefficient (Wildman–Crippen LogP) is 4.10. The van der Waals surface area contributed by atoms with Crippen molar-refractivity contribution in [2.24, 2.45) is 5.92 Å². The molecule has 1 aromatic heterocycles. The summed E-state index contributed by atoms with van der Waals surface area (Å²) in [5, 5.41) is 0.845. The van der Waals surface area contributed by atoms with Crippen LogP contribution < -0.4 is 0 Å². The van der Waals surface area contributed by atoms with E-state index in [4.69, 9.17) is 4.42 Å². The molecule has 2 heterocycles. The Labute approximate surface area is 161 Å². The predicted molar refractivity (Wildman–Crippen MR) is 107 cm³/mol. The summed E-state index contributed by atoms with van der Waals surface area (Å²) in [6.07, 6.45) is 2.74. The SMILES string of the molecule is CCCCc1oc2ccccc2c1C(=O)N1CCN(CC(C)C)C(=O)C1C. The van der Waals surface area contributed by atoms with E-state index < -0.39 is 6.04 Å². The highest BCUT2D eigenvalue weighted by molar-refractivity contribution is 6.08. The molecule has 1 aliphatic heterocycles. The van der Waals surface area contributed by atoms with Crippen LogP contribution in [0.15, 0.2) is 28.7 Å². The maximum Gasteiger partial charge on any atom is 0.258 e. The summed E-state index contributed by atoms with van der Waals surface area (Å²) in [5.74, 6) is 1.11. The number of amides is 2. The van der Waals surface area contributed by atoms with Crippen LogP contribution >= 0.6 is 0 Å². The van der Waals surface area contributed by atoms with Gasteiger partial charge in [0.05, 0.1) is 5.56 Å². The fourth-order valence-corrected chi connectivity index (χ4v) is 3.82. The van der Waals surface area contributed by atoms with Crippen LogP contribution in [0.4, 0.5) is 0 Å². The minimum Gasteiger partial charge on any atom is -0.460 e. The number of hydrogen-bond acceptors (Lipinski definition) is 3. The highest BCUT2D eigenvalue weighted by Crippen LogP contribution is 2.29. The third kappa shape index (κ3) is 3.87. The molecule has 27 heavy (non-hydrogen) atoms. The van der Waals surface area contributed by atoms with Crippen molar-refractivity contribution in [1.82, 2.24) is 9.80 Å². The first kappa shape index (κ1) is 19.5. The molecule has 146 valence electrons. The Balaban J connectivity index is 1.90. The van der Waals surface area contributed by atoms with Gasteiger partial charge in [-0.2, -0.15) is 0 Å². The molecular weight excluding hydrogens is 340 g/mol. The maximum atomic E-state index is 13.4. The average Bonchev–Trinajstić information content (AvgIpc) is 3.01. The fraction of sp³-hybridized carbons (Fsp3) is 0.545. The molecule has 1 atom stereocenters. The number of rotatable bonds is 6. The van der Waals surface area contributed by atoms with Crippen molar-refractivity contribution in [2.75, 3.05) is 19.6 Å². The van der Waals surface area contributed by atoms with Gasteiger partial charge in [-0.15, -0.1) is 0 Å². The molecule has 0 N–H and O–H groups in total. The first-order chi connectivity index (χ1) is 12.9. The maximum absolute atomic E-state index is 13.4. The molecule has 0 spiro atoms. The Bertz CT molecular complexity index is 824. The van der Waals surface area contributed by atoms with Crippen molar-refractivity contribution in [2.45, 2.75) is 53.0 Å². The van der Waals surface area contributed by atoms with Gasteiger partial charge >= 0.3 is 0 Å². The van der Waals surface area contributed by atoms with E-state index in [2.05, 4.69) is 20.8 Å². The summed E-state index contributed by atoms with van der Waals surface area (Å²) in [4.78, 5) is 29.8. The number of fused-ring (bicyclic) bond motifs is 1.